The molecule has 2 aliphatic rings. The van der Waals surface area contributed by atoms with E-state index in [4.69, 9.17) is 0 Å². The molecule has 3 rings (SSSR count). The predicted octanol–water partition coefficient (Wildman–Crippen LogP) is 2.07. The molecule has 0 bridgehead atoms. The van der Waals surface area contributed by atoms with Crippen molar-refractivity contribution in [2.24, 2.45) is 0 Å². The molecule has 0 radical (unpaired) electrons. The van der Waals surface area contributed by atoms with Crippen LogP contribution in [0.15, 0.2) is 18.2 Å². The van der Waals surface area contributed by atoms with E-state index in [9.17, 15) is 9.90 Å². The highest BCUT2D eigenvalue weighted by Crippen LogP contribution is 2.32. The molecule has 4 heteroatoms. The van der Waals surface area contributed by atoms with E-state index in [2.05, 4.69) is 11.8 Å². The van der Waals surface area contributed by atoms with E-state index in [1.165, 1.54) is 0 Å². The highest BCUT2D eigenvalue weighted by molar-refractivity contribution is 5.78. The Hall–Kier alpha value is -1.55. The van der Waals surface area contributed by atoms with Crippen molar-refractivity contribution in [3.8, 4) is 5.75 Å². The lowest BCUT2D eigenvalue weighted by Gasteiger charge is -2.40. The van der Waals surface area contributed by atoms with Gasteiger partial charge in [0.2, 0.25) is 5.91 Å². The van der Waals surface area contributed by atoms with Crippen LogP contribution in [0.25, 0.3) is 0 Å². The molecular weight excluding hydrogens is 252 g/mol. The van der Waals surface area contributed by atoms with E-state index in [-0.39, 0.29) is 6.04 Å². The van der Waals surface area contributed by atoms with Crippen molar-refractivity contribution in [1.29, 1.82) is 0 Å². The van der Waals surface area contributed by atoms with Crippen molar-refractivity contribution in [2.45, 2.75) is 38.8 Å². The van der Waals surface area contributed by atoms with Crippen LogP contribution in [0.4, 0.5) is 0 Å². The molecule has 2 fully saturated rings. The SMILES string of the molecule is Cc1ccc(C(C)N2CCN3C(=O)CCC3C2)c(O)c1. The maximum absolute atomic E-state index is 11.7. The van der Waals surface area contributed by atoms with E-state index in [1.807, 2.05) is 30.0 Å². The number of hydrogen-bond donors (Lipinski definition) is 1. The van der Waals surface area contributed by atoms with Gasteiger partial charge in [0.1, 0.15) is 5.75 Å². The first-order valence-corrected chi connectivity index (χ1v) is 7.39. The number of benzene rings is 1. The number of carbonyl (C=O) groups is 1. The summed E-state index contributed by atoms with van der Waals surface area (Å²) in [5.74, 6) is 0.683. The van der Waals surface area contributed by atoms with Gasteiger partial charge in [0.05, 0.1) is 0 Å². The fourth-order valence-electron chi connectivity index (χ4n) is 3.44. The summed E-state index contributed by atoms with van der Waals surface area (Å²) in [5.41, 5.74) is 2.05. The molecule has 2 atom stereocenters. The van der Waals surface area contributed by atoms with Crippen molar-refractivity contribution in [1.82, 2.24) is 9.80 Å². The average molecular weight is 274 g/mol. The molecule has 2 saturated heterocycles. The molecule has 108 valence electrons. The molecule has 0 saturated carbocycles. The second kappa shape index (κ2) is 5.09. The molecule has 1 aromatic carbocycles. The summed E-state index contributed by atoms with van der Waals surface area (Å²) in [6.07, 6.45) is 1.67. The van der Waals surface area contributed by atoms with E-state index < -0.39 is 0 Å². The zero-order valence-electron chi connectivity index (χ0n) is 12.2. The highest BCUT2D eigenvalue weighted by atomic mass is 16.3. The van der Waals surface area contributed by atoms with Crippen LogP contribution in [0.3, 0.4) is 0 Å². The van der Waals surface area contributed by atoms with Gasteiger partial charge in [0.25, 0.3) is 0 Å². The van der Waals surface area contributed by atoms with Crippen LogP contribution in [0, 0.1) is 6.92 Å². The topological polar surface area (TPSA) is 43.8 Å². The number of carbonyl (C=O) groups excluding carboxylic acids is 1. The quantitative estimate of drug-likeness (QED) is 0.898. The number of aryl methyl sites for hydroxylation is 1. The Kier molecular flexibility index (Phi) is 3.42. The Bertz CT molecular complexity index is 529. The van der Waals surface area contributed by atoms with E-state index in [0.717, 1.165) is 37.2 Å². The molecule has 1 aromatic rings. The summed E-state index contributed by atoms with van der Waals surface area (Å²) in [6.45, 7) is 6.74. The Morgan fingerprint density at radius 2 is 2.15 bits per heavy atom. The minimum absolute atomic E-state index is 0.188. The average Bonchev–Trinajstić information content (AvgIpc) is 2.79. The third kappa shape index (κ3) is 2.29. The van der Waals surface area contributed by atoms with Gasteiger partial charge in [-0.15, -0.1) is 0 Å². The molecule has 4 nitrogen and oxygen atoms in total. The highest BCUT2D eigenvalue weighted by Gasteiger charge is 2.37. The number of nitrogens with zero attached hydrogens (tertiary/aromatic N) is 2. The number of hydrogen-bond acceptors (Lipinski definition) is 3. The van der Waals surface area contributed by atoms with Gasteiger partial charge in [-0.05, 0) is 31.9 Å². The van der Waals surface area contributed by atoms with Crippen LogP contribution in [-0.2, 0) is 4.79 Å². The summed E-state index contributed by atoms with van der Waals surface area (Å²) in [4.78, 5) is 16.1. The number of fused-ring (bicyclic) bond motifs is 1. The standard InChI is InChI=1S/C16H22N2O2/c1-11-3-5-14(15(19)9-11)12(2)17-7-8-18-13(10-17)4-6-16(18)20/h3,5,9,12-13,19H,4,6-8,10H2,1-2H3. The fourth-order valence-corrected chi connectivity index (χ4v) is 3.44. The maximum atomic E-state index is 11.7. The second-order valence-corrected chi connectivity index (χ2v) is 6.01. The number of amides is 1. The number of rotatable bonds is 2. The molecular formula is C16H22N2O2. The van der Waals surface area contributed by atoms with Crippen LogP contribution in [0.2, 0.25) is 0 Å². The Balaban J connectivity index is 1.75. The number of aromatic hydroxyl groups is 1. The maximum Gasteiger partial charge on any atom is 0.222 e. The Morgan fingerprint density at radius 3 is 2.90 bits per heavy atom. The summed E-state index contributed by atoms with van der Waals surface area (Å²) in [5, 5.41) is 10.1. The lowest BCUT2D eigenvalue weighted by atomic mass is 10.0. The van der Waals surface area contributed by atoms with Crippen LogP contribution in [-0.4, -0.2) is 46.5 Å². The molecule has 1 amide bonds. The van der Waals surface area contributed by atoms with E-state index in [0.29, 0.717) is 24.1 Å². The van der Waals surface area contributed by atoms with Gasteiger partial charge >= 0.3 is 0 Å². The zero-order chi connectivity index (χ0) is 14.3. The van der Waals surface area contributed by atoms with Gasteiger partial charge in [0, 0.05) is 43.7 Å². The monoisotopic (exact) mass is 274 g/mol. The first-order valence-electron chi connectivity index (χ1n) is 7.39. The van der Waals surface area contributed by atoms with Crippen LogP contribution < -0.4 is 0 Å². The van der Waals surface area contributed by atoms with Gasteiger partial charge in [0.15, 0.2) is 0 Å². The minimum Gasteiger partial charge on any atom is -0.508 e. The van der Waals surface area contributed by atoms with E-state index in [1.54, 1.807) is 0 Å². The van der Waals surface area contributed by atoms with E-state index >= 15 is 0 Å². The summed E-state index contributed by atoms with van der Waals surface area (Å²) in [6, 6.07) is 6.43. The number of phenols is 1. The normalized spacial score (nSPS) is 24.8. The van der Waals surface area contributed by atoms with Crippen molar-refractivity contribution in [3.63, 3.8) is 0 Å². The van der Waals surface area contributed by atoms with Gasteiger partial charge < -0.3 is 10.0 Å². The number of piperazine rings is 1. The second-order valence-electron chi connectivity index (χ2n) is 6.01. The summed E-state index contributed by atoms with van der Waals surface area (Å²) < 4.78 is 0. The number of phenolic OH excluding ortho intramolecular Hbond substituents is 1. The Labute approximate surface area is 120 Å². The minimum atomic E-state index is 0.188. The lowest BCUT2D eigenvalue weighted by molar-refractivity contribution is -0.131. The lowest BCUT2D eigenvalue weighted by Crippen LogP contribution is -2.51. The smallest absolute Gasteiger partial charge is 0.222 e. The molecule has 1 N–H and O–H groups in total. The van der Waals surface area contributed by atoms with Crippen LogP contribution >= 0.6 is 0 Å². The molecule has 2 aliphatic heterocycles. The molecule has 0 aliphatic carbocycles. The third-order valence-corrected chi connectivity index (χ3v) is 4.71. The van der Waals surface area contributed by atoms with Crippen molar-refractivity contribution in [2.75, 3.05) is 19.6 Å². The summed E-state index contributed by atoms with van der Waals surface area (Å²) in [7, 11) is 0. The van der Waals surface area contributed by atoms with Crippen LogP contribution in [0.5, 0.6) is 5.75 Å². The third-order valence-electron chi connectivity index (χ3n) is 4.71. The zero-order valence-corrected chi connectivity index (χ0v) is 12.2. The van der Waals surface area contributed by atoms with Gasteiger partial charge in [-0.25, -0.2) is 0 Å². The first kappa shape index (κ1) is 13.4. The van der Waals surface area contributed by atoms with Crippen molar-refractivity contribution >= 4 is 5.91 Å². The van der Waals surface area contributed by atoms with Gasteiger partial charge in [-0.1, -0.05) is 12.1 Å². The fraction of sp³-hybridized carbons (Fsp3) is 0.562. The molecule has 0 aromatic heterocycles. The molecule has 2 heterocycles. The van der Waals surface area contributed by atoms with Gasteiger partial charge in [-0.3, -0.25) is 9.69 Å². The van der Waals surface area contributed by atoms with Crippen molar-refractivity contribution in [3.05, 3.63) is 29.3 Å². The molecule has 0 spiro atoms. The van der Waals surface area contributed by atoms with Crippen molar-refractivity contribution < 1.29 is 9.90 Å². The predicted molar refractivity (Wildman–Crippen MR) is 77.6 cm³/mol. The van der Waals surface area contributed by atoms with Crippen LogP contribution in [0.1, 0.15) is 36.9 Å². The molecule has 2 unspecified atom stereocenters. The first-order chi connectivity index (χ1) is 9.56. The molecule has 20 heavy (non-hydrogen) atoms. The largest absolute Gasteiger partial charge is 0.508 e. The Morgan fingerprint density at radius 1 is 1.35 bits per heavy atom. The summed E-state index contributed by atoms with van der Waals surface area (Å²) >= 11 is 0. The van der Waals surface area contributed by atoms with Gasteiger partial charge in [-0.2, -0.15) is 0 Å².